The van der Waals surface area contributed by atoms with E-state index in [4.69, 9.17) is 13.5 Å². The molecule has 6 nitrogen and oxygen atoms in total. The molecule has 8 atom stereocenters. The highest BCUT2D eigenvalue weighted by Gasteiger charge is 2.65. The molecule has 1 aliphatic heterocycles. The topological polar surface area (TPSA) is 89.9 Å². The van der Waals surface area contributed by atoms with Gasteiger partial charge in [0.15, 0.2) is 0 Å². The molecule has 7 unspecified atom stereocenters. The molecule has 1 saturated heterocycles. The molecule has 0 bridgehead atoms. The van der Waals surface area contributed by atoms with Gasteiger partial charge in [0.05, 0.1) is 6.10 Å². The highest BCUT2D eigenvalue weighted by molar-refractivity contribution is 7.80. The van der Waals surface area contributed by atoms with Gasteiger partial charge in [-0.25, -0.2) is 4.18 Å². The van der Waals surface area contributed by atoms with Crippen LogP contribution in [0, 0.1) is 34.5 Å². The Kier molecular flexibility index (Phi) is 6.43. The second kappa shape index (κ2) is 8.04. The minimum absolute atomic E-state index is 0.0639. The molecule has 3 saturated carbocycles. The average Bonchev–Trinajstić information content (AvgIpc) is 3.19. The predicted octanol–water partition coefficient (Wildman–Crippen LogP) is 5.18. The van der Waals surface area contributed by atoms with E-state index in [1.165, 1.54) is 0 Å². The van der Waals surface area contributed by atoms with Crippen molar-refractivity contribution in [3.05, 3.63) is 0 Å². The molecule has 1 heterocycles. The molecule has 4 aliphatic rings. The highest BCUT2D eigenvalue weighted by Crippen LogP contribution is 2.70. The SMILES string of the molecule is CC.CC1C(OS(=O)(=O)O)CCC2(C)C1CCC1(C)C2CCC1[C@]1(C)CCC(=O)O1. The van der Waals surface area contributed by atoms with Gasteiger partial charge in [0.25, 0.3) is 0 Å². The lowest BCUT2D eigenvalue weighted by Gasteiger charge is -2.60. The van der Waals surface area contributed by atoms with E-state index in [2.05, 4.69) is 27.7 Å². The van der Waals surface area contributed by atoms with Crippen LogP contribution in [0.1, 0.15) is 92.9 Å². The lowest BCUT2D eigenvalue weighted by Crippen LogP contribution is -2.56. The fraction of sp³-hybridized carbons (Fsp3) is 0.957. The summed E-state index contributed by atoms with van der Waals surface area (Å²) in [6.45, 7) is 13.0. The summed E-state index contributed by atoms with van der Waals surface area (Å²) < 4.78 is 42.6. The van der Waals surface area contributed by atoms with Gasteiger partial charge in [-0.05, 0) is 80.5 Å². The van der Waals surface area contributed by atoms with Crippen molar-refractivity contribution in [1.29, 1.82) is 0 Å². The molecule has 3 aliphatic carbocycles. The zero-order valence-corrected chi connectivity index (χ0v) is 20.3. The van der Waals surface area contributed by atoms with Crippen molar-refractivity contribution in [2.45, 2.75) is 105 Å². The summed E-state index contributed by atoms with van der Waals surface area (Å²) in [6, 6.07) is 0. The molecule has 30 heavy (non-hydrogen) atoms. The van der Waals surface area contributed by atoms with Crippen LogP contribution in [-0.2, 0) is 24.1 Å². The van der Waals surface area contributed by atoms with Crippen LogP contribution in [-0.4, -0.2) is 30.6 Å². The number of hydrogen-bond donors (Lipinski definition) is 1. The monoisotopic (exact) mass is 444 g/mol. The fourth-order valence-electron chi connectivity index (χ4n) is 8.17. The number of fused-ring (bicyclic) bond motifs is 3. The quantitative estimate of drug-likeness (QED) is 0.477. The van der Waals surface area contributed by atoms with Crippen molar-refractivity contribution < 1.29 is 26.7 Å². The first-order valence-corrected chi connectivity index (χ1v) is 13.1. The van der Waals surface area contributed by atoms with Crippen molar-refractivity contribution in [2.24, 2.45) is 34.5 Å². The zero-order chi connectivity index (χ0) is 22.5. The van der Waals surface area contributed by atoms with Crippen LogP contribution in [0.4, 0.5) is 0 Å². The maximum Gasteiger partial charge on any atom is 0.397 e. The van der Waals surface area contributed by atoms with Gasteiger partial charge >= 0.3 is 16.4 Å². The van der Waals surface area contributed by atoms with E-state index in [1.807, 2.05) is 13.8 Å². The highest BCUT2D eigenvalue weighted by atomic mass is 32.3. The Labute approximate surface area is 182 Å². The first kappa shape index (κ1) is 24.0. The van der Waals surface area contributed by atoms with Gasteiger partial charge in [-0.3, -0.25) is 9.35 Å². The summed E-state index contributed by atoms with van der Waals surface area (Å²) in [5, 5.41) is 0. The van der Waals surface area contributed by atoms with Crippen LogP contribution < -0.4 is 0 Å². The minimum Gasteiger partial charge on any atom is -0.459 e. The molecule has 0 radical (unpaired) electrons. The lowest BCUT2D eigenvalue weighted by atomic mass is 9.45. The Morgan fingerprint density at radius 2 is 1.57 bits per heavy atom. The fourth-order valence-corrected chi connectivity index (χ4v) is 8.76. The Bertz CT molecular complexity index is 766. The summed E-state index contributed by atoms with van der Waals surface area (Å²) in [5.74, 6) is 1.32. The first-order chi connectivity index (χ1) is 13.9. The Morgan fingerprint density at radius 1 is 0.967 bits per heavy atom. The molecule has 1 N–H and O–H groups in total. The van der Waals surface area contributed by atoms with Gasteiger partial charge in [0.1, 0.15) is 5.60 Å². The van der Waals surface area contributed by atoms with Gasteiger partial charge in [-0.15, -0.1) is 0 Å². The number of cyclic esters (lactones) is 1. The smallest absolute Gasteiger partial charge is 0.397 e. The van der Waals surface area contributed by atoms with Crippen LogP contribution >= 0.6 is 0 Å². The van der Waals surface area contributed by atoms with Crippen molar-refractivity contribution >= 4 is 16.4 Å². The number of carbonyl (C=O) groups excluding carboxylic acids is 1. The van der Waals surface area contributed by atoms with Crippen LogP contribution in [0.15, 0.2) is 0 Å². The summed E-state index contributed by atoms with van der Waals surface area (Å²) in [4.78, 5) is 11.9. The Balaban J connectivity index is 0.00000124. The zero-order valence-electron chi connectivity index (χ0n) is 19.4. The number of esters is 1. The van der Waals surface area contributed by atoms with Gasteiger partial charge in [-0.1, -0.05) is 34.6 Å². The van der Waals surface area contributed by atoms with E-state index in [9.17, 15) is 13.2 Å². The predicted molar refractivity (Wildman–Crippen MR) is 115 cm³/mol. The third-order valence-electron chi connectivity index (χ3n) is 9.32. The number of hydrogen-bond acceptors (Lipinski definition) is 5. The van der Waals surface area contributed by atoms with Gasteiger partial charge < -0.3 is 4.74 Å². The molecule has 4 fully saturated rings. The van der Waals surface area contributed by atoms with Gasteiger partial charge in [-0.2, -0.15) is 8.42 Å². The summed E-state index contributed by atoms with van der Waals surface area (Å²) in [6.07, 6.45) is 6.78. The Morgan fingerprint density at radius 3 is 2.13 bits per heavy atom. The average molecular weight is 445 g/mol. The third kappa shape index (κ3) is 3.83. The van der Waals surface area contributed by atoms with Crippen LogP contribution in [0.25, 0.3) is 0 Å². The maximum atomic E-state index is 11.9. The van der Waals surface area contributed by atoms with E-state index < -0.39 is 16.5 Å². The molecule has 0 aromatic rings. The summed E-state index contributed by atoms with van der Waals surface area (Å²) >= 11 is 0. The molecule has 0 amide bonds. The molecular weight excluding hydrogens is 404 g/mol. The van der Waals surface area contributed by atoms with E-state index in [0.29, 0.717) is 30.6 Å². The number of rotatable bonds is 3. The van der Waals surface area contributed by atoms with E-state index >= 15 is 0 Å². The largest absolute Gasteiger partial charge is 0.459 e. The molecule has 4 rings (SSSR count). The third-order valence-corrected chi connectivity index (χ3v) is 9.81. The molecule has 0 aromatic heterocycles. The van der Waals surface area contributed by atoms with Crippen LogP contribution in [0.3, 0.4) is 0 Å². The number of ether oxygens (including phenoxy) is 1. The van der Waals surface area contributed by atoms with Crippen molar-refractivity contribution in [2.75, 3.05) is 0 Å². The van der Waals surface area contributed by atoms with Crippen LogP contribution in [0.2, 0.25) is 0 Å². The maximum absolute atomic E-state index is 11.9. The van der Waals surface area contributed by atoms with Crippen molar-refractivity contribution in [1.82, 2.24) is 0 Å². The normalized spacial score (nSPS) is 48.2. The Hall–Kier alpha value is -0.660. The number of carbonyl (C=O) groups is 1. The van der Waals surface area contributed by atoms with E-state index in [-0.39, 0.29) is 28.3 Å². The molecule has 0 aromatic carbocycles. The van der Waals surface area contributed by atoms with Gasteiger partial charge in [0.2, 0.25) is 0 Å². The lowest BCUT2D eigenvalue weighted by molar-refractivity contribution is -0.167. The second-order valence-electron chi connectivity index (χ2n) is 10.6. The van der Waals surface area contributed by atoms with Crippen LogP contribution in [0.5, 0.6) is 0 Å². The molecule has 0 spiro atoms. The summed E-state index contributed by atoms with van der Waals surface area (Å²) in [7, 11) is -4.43. The van der Waals surface area contributed by atoms with Gasteiger partial charge in [0, 0.05) is 12.3 Å². The van der Waals surface area contributed by atoms with Crippen molar-refractivity contribution in [3.8, 4) is 0 Å². The summed E-state index contributed by atoms with van der Waals surface area (Å²) in [5.41, 5.74) is -0.0824. The molecule has 174 valence electrons. The second-order valence-corrected chi connectivity index (χ2v) is 11.6. The first-order valence-electron chi connectivity index (χ1n) is 11.8. The van der Waals surface area contributed by atoms with E-state index in [0.717, 1.165) is 38.5 Å². The molecule has 7 heteroatoms. The minimum atomic E-state index is -4.43. The van der Waals surface area contributed by atoms with E-state index in [1.54, 1.807) is 0 Å². The standard InChI is InChI=1S/C21H34O6S.C2H6/c1-13-14-7-10-20(3)16(5-6-17(20)21(4)12-9-18(22)26-21)19(14,2)11-8-15(13)27-28(23,24)25;1-2/h13-17H,5-12H2,1-4H3,(H,23,24,25);1-2H3/t13?,14?,15?,16?,17?,19?,20?,21-;/m0./s1. The molecular formula is C23H40O6S. The van der Waals surface area contributed by atoms with Crippen molar-refractivity contribution in [3.63, 3.8) is 0 Å².